The highest BCUT2D eigenvalue weighted by Gasteiger charge is 2.26. The van der Waals surface area contributed by atoms with Gasteiger partial charge in [-0.15, -0.1) is 12.4 Å². The summed E-state index contributed by atoms with van der Waals surface area (Å²) < 4.78 is 0. The van der Waals surface area contributed by atoms with E-state index in [0.29, 0.717) is 18.4 Å². The Morgan fingerprint density at radius 1 is 1.27 bits per heavy atom. The maximum atomic E-state index is 12.3. The summed E-state index contributed by atoms with van der Waals surface area (Å²) in [6.07, 6.45) is 5.29. The first kappa shape index (κ1) is 19.0. The van der Waals surface area contributed by atoms with Crippen molar-refractivity contribution >= 4 is 18.3 Å². The minimum Gasteiger partial charge on any atom is -0.352 e. The zero-order chi connectivity index (χ0) is 15.2. The molecule has 1 amide bonds. The van der Waals surface area contributed by atoms with E-state index in [1.807, 2.05) is 30.3 Å². The Kier molecular flexibility index (Phi) is 7.91. The molecule has 3 N–H and O–H groups in total. The van der Waals surface area contributed by atoms with Crippen LogP contribution in [-0.4, -0.2) is 18.0 Å². The average Bonchev–Trinajstić information content (AvgIpc) is 2.48. The zero-order valence-electron chi connectivity index (χ0n) is 13.6. The van der Waals surface area contributed by atoms with Crippen LogP contribution in [0.25, 0.3) is 0 Å². The number of hydrogen-bond donors (Lipinski definition) is 2. The SMILES string of the molecule is CC(C)C1CCCC(NC(=O)[C@@H](N)Cc2ccccc2)C1.Cl. The van der Waals surface area contributed by atoms with E-state index < -0.39 is 6.04 Å². The van der Waals surface area contributed by atoms with E-state index >= 15 is 0 Å². The van der Waals surface area contributed by atoms with Crippen LogP contribution in [0.5, 0.6) is 0 Å². The van der Waals surface area contributed by atoms with Crippen molar-refractivity contribution in [3.05, 3.63) is 35.9 Å². The predicted molar refractivity (Wildman–Crippen MR) is 94.1 cm³/mol. The van der Waals surface area contributed by atoms with Crippen LogP contribution >= 0.6 is 12.4 Å². The van der Waals surface area contributed by atoms with Crippen molar-refractivity contribution in [2.24, 2.45) is 17.6 Å². The Morgan fingerprint density at radius 2 is 1.95 bits per heavy atom. The Hall–Kier alpha value is -1.06. The van der Waals surface area contributed by atoms with E-state index in [0.717, 1.165) is 24.3 Å². The van der Waals surface area contributed by atoms with Gasteiger partial charge in [0.05, 0.1) is 6.04 Å². The fourth-order valence-corrected chi connectivity index (χ4v) is 3.23. The van der Waals surface area contributed by atoms with Crippen LogP contribution in [0.1, 0.15) is 45.1 Å². The van der Waals surface area contributed by atoms with E-state index in [4.69, 9.17) is 5.73 Å². The second kappa shape index (κ2) is 9.16. The molecule has 0 spiro atoms. The van der Waals surface area contributed by atoms with Gasteiger partial charge in [-0.1, -0.05) is 57.0 Å². The van der Waals surface area contributed by atoms with Crippen LogP contribution in [0.2, 0.25) is 0 Å². The van der Waals surface area contributed by atoms with Crippen molar-refractivity contribution in [2.75, 3.05) is 0 Å². The topological polar surface area (TPSA) is 55.1 Å². The van der Waals surface area contributed by atoms with E-state index in [1.54, 1.807) is 0 Å². The number of nitrogens with one attached hydrogen (secondary N) is 1. The molecule has 3 nitrogen and oxygen atoms in total. The van der Waals surface area contributed by atoms with E-state index in [2.05, 4.69) is 19.2 Å². The van der Waals surface area contributed by atoms with Crippen molar-refractivity contribution in [1.82, 2.24) is 5.32 Å². The van der Waals surface area contributed by atoms with Crippen LogP contribution in [-0.2, 0) is 11.2 Å². The third-order valence-corrected chi connectivity index (χ3v) is 4.64. The van der Waals surface area contributed by atoms with Gasteiger partial charge in [-0.05, 0) is 36.7 Å². The Morgan fingerprint density at radius 3 is 2.59 bits per heavy atom. The van der Waals surface area contributed by atoms with Gasteiger partial charge < -0.3 is 11.1 Å². The summed E-state index contributed by atoms with van der Waals surface area (Å²) in [5.74, 6) is 1.42. The van der Waals surface area contributed by atoms with Gasteiger partial charge in [0.2, 0.25) is 5.91 Å². The van der Waals surface area contributed by atoms with Crippen LogP contribution in [0.4, 0.5) is 0 Å². The van der Waals surface area contributed by atoms with Gasteiger partial charge in [-0.3, -0.25) is 4.79 Å². The number of carbonyl (C=O) groups excluding carboxylic acids is 1. The molecule has 1 aliphatic rings. The molecule has 1 aromatic rings. The highest BCUT2D eigenvalue weighted by molar-refractivity contribution is 5.85. The van der Waals surface area contributed by atoms with Crippen LogP contribution in [0, 0.1) is 11.8 Å². The highest BCUT2D eigenvalue weighted by atomic mass is 35.5. The monoisotopic (exact) mass is 324 g/mol. The molecular weight excluding hydrogens is 296 g/mol. The van der Waals surface area contributed by atoms with Gasteiger partial charge in [0.15, 0.2) is 0 Å². The number of hydrogen-bond acceptors (Lipinski definition) is 2. The van der Waals surface area contributed by atoms with Gasteiger partial charge in [0, 0.05) is 6.04 Å². The number of rotatable bonds is 5. The largest absolute Gasteiger partial charge is 0.352 e. The molecule has 0 heterocycles. The third-order valence-electron chi connectivity index (χ3n) is 4.64. The molecule has 0 bridgehead atoms. The molecule has 2 rings (SSSR count). The first-order chi connectivity index (χ1) is 10.1. The van der Waals surface area contributed by atoms with E-state index in [1.165, 1.54) is 12.8 Å². The number of carbonyl (C=O) groups is 1. The van der Waals surface area contributed by atoms with Gasteiger partial charge in [0.25, 0.3) is 0 Å². The summed E-state index contributed by atoms with van der Waals surface area (Å²) in [5.41, 5.74) is 7.16. The summed E-state index contributed by atoms with van der Waals surface area (Å²) in [7, 11) is 0. The summed E-state index contributed by atoms with van der Waals surface area (Å²) in [5, 5.41) is 3.16. The smallest absolute Gasteiger partial charge is 0.237 e. The van der Waals surface area contributed by atoms with Gasteiger partial charge in [0.1, 0.15) is 0 Å². The standard InChI is InChI=1S/C18H28N2O.ClH/c1-13(2)15-9-6-10-16(12-15)20-18(21)17(19)11-14-7-4-3-5-8-14;/h3-5,7-8,13,15-17H,6,9-12,19H2,1-2H3,(H,20,21);1H/t15?,16?,17-;/m0./s1. The maximum absolute atomic E-state index is 12.3. The molecule has 2 unspecified atom stereocenters. The average molecular weight is 325 g/mol. The first-order valence-electron chi connectivity index (χ1n) is 8.16. The molecule has 1 aromatic carbocycles. The molecule has 1 saturated carbocycles. The molecule has 22 heavy (non-hydrogen) atoms. The first-order valence-corrected chi connectivity index (χ1v) is 8.16. The van der Waals surface area contributed by atoms with Crippen LogP contribution in [0.15, 0.2) is 30.3 Å². The van der Waals surface area contributed by atoms with Gasteiger partial charge in [-0.25, -0.2) is 0 Å². The highest BCUT2D eigenvalue weighted by Crippen LogP contribution is 2.29. The summed E-state index contributed by atoms with van der Waals surface area (Å²) >= 11 is 0. The number of nitrogens with two attached hydrogens (primary N) is 1. The van der Waals surface area contributed by atoms with Crippen LogP contribution < -0.4 is 11.1 Å². The fourth-order valence-electron chi connectivity index (χ4n) is 3.23. The van der Waals surface area contributed by atoms with E-state index in [-0.39, 0.29) is 18.3 Å². The molecule has 1 aliphatic carbocycles. The van der Waals surface area contributed by atoms with Crippen molar-refractivity contribution < 1.29 is 4.79 Å². The summed E-state index contributed by atoms with van der Waals surface area (Å²) in [6.45, 7) is 4.55. The van der Waals surface area contributed by atoms with Gasteiger partial charge in [-0.2, -0.15) is 0 Å². The minimum absolute atomic E-state index is 0. The maximum Gasteiger partial charge on any atom is 0.237 e. The molecule has 0 radical (unpaired) electrons. The second-order valence-electron chi connectivity index (χ2n) is 6.67. The number of halogens is 1. The van der Waals surface area contributed by atoms with Crippen molar-refractivity contribution in [2.45, 2.75) is 58.0 Å². The number of benzene rings is 1. The molecule has 124 valence electrons. The fraction of sp³-hybridized carbons (Fsp3) is 0.611. The molecular formula is C18H29ClN2O. The normalized spacial score (nSPS) is 22.7. The predicted octanol–water partition coefficient (Wildman–Crippen LogP) is 3.31. The lowest BCUT2D eigenvalue weighted by molar-refractivity contribution is -0.123. The molecule has 4 heteroatoms. The molecule has 3 atom stereocenters. The summed E-state index contributed by atoms with van der Waals surface area (Å²) in [4.78, 5) is 12.3. The van der Waals surface area contributed by atoms with E-state index in [9.17, 15) is 4.79 Å². The quantitative estimate of drug-likeness (QED) is 0.873. The Labute approximate surface area is 140 Å². The van der Waals surface area contributed by atoms with Crippen molar-refractivity contribution in [3.63, 3.8) is 0 Å². The lowest BCUT2D eigenvalue weighted by Crippen LogP contribution is -2.48. The third kappa shape index (κ3) is 5.62. The second-order valence-corrected chi connectivity index (χ2v) is 6.67. The minimum atomic E-state index is -0.452. The van der Waals surface area contributed by atoms with Crippen molar-refractivity contribution in [1.29, 1.82) is 0 Å². The van der Waals surface area contributed by atoms with Gasteiger partial charge >= 0.3 is 0 Å². The molecule has 0 saturated heterocycles. The Bertz CT molecular complexity index is 450. The molecule has 0 aromatic heterocycles. The van der Waals surface area contributed by atoms with Crippen LogP contribution in [0.3, 0.4) is 0 Å². The lowest BCUT2D eigenvalue weighted by Gasteiger charge is -2.32. The lowest BCUT2D eigenvalue weighted by atomic mass is 9.79. The molecule has 1 fully saturated rings. The summed E-state index contributed by atoms with van der Waals surface area (Å²) in [6, 6.07) is 9.82. The zero-order valence-corrected chi connectivity index (χ0v) is 14.4. The van der Waals surface area contributed by atoms with Crippen molar-refractivity contribution in [3.8, 4) is 0 Å². The Balaban J connectivity index is 0.00000242. The molecule has 0 aliphatic heterocycles. The number of amides is 1.